The van der Waals surface area contributed by atoms with Gasteiger partial charge in [-0.05, 0) is 36.8 Å². The average Bonchev–Trinajstić information content (AvgIpc) is 3.23. The van der Waals surface area contributed by atoms with Gasteiger partial charge in [-0.3, -0.25) is 18.7 Å². The van der Waals surface area contributed by atoms with Crippen LogP contribution in [0.2, 0.25) is 0 Å². The van der Waals surface area contributed by atoms with Crippen LogP contribution in [-0.2, 0) is 17.9 Å². The van der Waals surface area contributed by atoms with Crippen molar-refractivity contribution < 1.29 is 9.18 Å². The number of hydrogen-bond donors (Lipinski definition) is 0. The first kappa shape index (κ1) is 19.6. The molecule has 152 valence electrons. The van der Waals surface area contributed by atoms with Crippen LogP contribution in [0.4, 0.5) is 4.39 Å². The van der Waals surface area contributed by atoms with Crippen molar-refractivity contribution in [3.63, 3.8) is 0 Å². The number of piperidine rings is 1. The highest BCUT2D eigenvalue weighted by atomic mass is 32.1. The number of hydrogen-bond acceptors (Lipinski definition) is 4. The Morgan fingerprint density at radius 2 is 1.79 bits per heavy atom. The van der Waals surface area contributed by atoms with E-state index in [1.54, 1.807) is 34.5 Å². The molecule has 3 aromatic rings. The first-order chi connectivity index (χ1) is 14.1. The van der Waals surface area contributed by atoms with Crippen molar-refractivity contribution >= 4 is 27.5 Å². The summed E-state index contributed by atoms with van der Waals surface area (Å²) in [5.41, 5.74) is -0.0459. The van der Waals surface area contributed by atoms with Crippen molar-refractivity contribution in [2.75, 3.05) is 13.1 Å². The van der Waals surface area contributed by atoms with Crippen LogP contribution in [-0.4, -0.2) is 33.0 Å². The summed E-state index contributed by atoms with van der Waals surface area (Å²) in [6, 6.07) is 7.97. The molecule has 2 aromatic heterocycles. The second-order valence-corrected chi connectivity index (χ2v) is 8.16. The standard InChI is InChI=1S/C21H22FN3O3S/c22-16-7-3-2-6-15(16)14-25-17-9-13-29-19(17)20(27)24(21(25)28)12-8-18(26)23-10-4-1-5-11-23/h2-3,6-7,9,13H,1,4-5,8,10-12,14H2. The molecular formula is C21H22FN3O3S. The SMILES string of the molecule is O=C(CCn1c(=O)c2sccc2n(Cc2ccccc2F)c1=O)N1CCCCC1. The van der Waals surface area contributed by atoms with Gasteiger partial charge < -0.3 is 4.90 Å². The fraction of sp³-hybridized carbons (Fsp3) is 0.381. The van der Waals surface area contributed by atoms with E-state index in [1.165, 1.54) is 22.0 Å². The third kappa shape index (κ3) is 3.89. The molecule has 0 saturated carbocycles. The van der Waals surface area contributed by atoms with Gasteiger partial charge in [0.25, 0.3) is 5.56 Å². The van der Waals surface area contributed by atoms with Gasteiger partial charge in [0.2, 0.25) is 5.91 Å². The molecule has 0 radical (unpaired) electrons. The number of carbonyl (C=O) groups is 1. The second-order valence-electron chi connectivity index (χ2n) is 7.24. The van der Waals surface area contributed by atoms with Crippen LogP contribution in [0.25, 0.3) is 10.2 Å². The first-order valence-corrected chi connectivity index (χ1v) is 10.7. The van der Waals surface area contributed by atoms with E-state index in [4.69, 9.17) is 0 Å². The molecule has 1 saturated heterocycles. The quantitative estimate of drug-likeness (QED) is 0.644. The maximum atomic E-state index is 14.1. The molecule has 6 nitrogen and oxygen atoms in total. The van der Waals surface area contributed by atoms with Crippen LogP contribution in [0.1, 0.15) is 31.2 Å². The van der Waals surface area contributed by atoms with Crippen molar-refractivity contribution in [1.82, 2.24) is 14.0 Å². The molecule has 1 fully saturated rings. The van der Waals surface area contributed by atoms with Gasteiger partial charge in [0, 0.05) is 31.6 Å². The van der Waals surface area contributed by atoms with E-state index >= 15 is 0 Å². The van der Waals surface area contributed by atoms with E-state index in [9.17, 15) is 18.8 Å². The van der Waals surface area contributed by atoms with Crippen molar-refractivity contribution in [3.8, 4) is 0 Å². The van der Waals surface area contributed by atoms with Gasteiger partial charge in [-0.2, -0.15) is 0 Å². The molecule has 4 rings (SSSR count). The maximum absolute atomic E-state index is 14.1. The molecule has 1 aromatic carbocycles. The van der Waals surface area contributed by atoms with Gasteiger partial charge in [-0.25, -0.2) is 9.18 Å². The van der Waals surface area contributed by atoms with Crippen molar-refractivity contribution in [1.29, 1.82) is 0 Å². The van der Waals surface area contributed by atoms with Crippen molar-refractivity contribution in [2.45, 2.75) is 38.8 Å². The first-order valence-electron chi connectivity index (χ1n) is 9.78. The van der Waals surface area contributed by atoms with Gasteiger partial charge in [-0.1, -0.05) is 18.2 Å². The average molecular weight is 415 g/mol. The topological polar surface area (TPSA) is 64.3 Å². The third-order valence-corrected chi connectivity index (χ3v) is 6.27. The van der Waals surface area contributed by atoms with Gasteiger partial charge in [-0.15, -0.1) is 11.3 Å². The van der Waals surface area contributed by atoms with Crippen LogP contribution in [0.3, 0.4) is 0 Å². The lowest BCUT2D eigenvalue weighted by Gasteiger charge is -2.26. The van der Waals surface area contributed by atoms with Gasteiger partial charge in [0.05, 0.1) is 12.1 Å². The number of carbonyl (C=O) groups excluding carboxylic acids is 1. The van der Waals surface area contributed by atoms with Crippen LogP contribution in [0.15, 0.2) is 45.3 Å². The molecule has 0 atom stereocenters. The summed E-state index contributed by atoms with van der Waals surface area (Å²) in [6.45, 7) is 1.52. The molecular weight excluding hydrogens is 393 g/mol. The zero-order valence-electron chi connectivity index (χ0n) is 16.0. The predicted octanol–water partition coefficient (Wildman–Crippen LogP) is 2.81. The van der Waals surface area contributed by atoms with Crippen LogP contribution in [0, 0.1) is 5.82 Å². The number of halogens is 1. The molecule has 0 unspecified atom stereocenters. The highest BCUT2D eigenvalue weighted by molar-refractivity contribution is 7.17. The summed E-state index contributed by atoms with van der Waals surface area (Å²) < 4.78 is 17.1. The summed E-state index contributed by atoms with van der Waals surface area (Å²) >= 11 is 1.25. The lowest BCUT2D eigenvalue weighted by Crippen LogP contribution is -2.42. The van der Waals surface area contributed by atoms with E-state index in [-0.39, 0.29) is 25.4 Å². The van der Waals surface area contributed by atoms with E-state index in [2.05, 4.69) is 0 Å². The summed E-state index contributed by atoms with van der Waals surface area (Å²) in [5, 5.41) is 1.74. The molecule has 3 heterocycles. The Bertz CT molecular complexity index is 1160. The van der Waals surface area contributed by atoms with Crippen LogP contribution in [0.5, 0.6) is 0 Å². The molecule has 0 spiro atoms. The lowest BCUT2D eigenvalue weighted by atomic mass is 10.1. The van der Waals surface area contributed by atoms with Gasteiger partial charge in [0.15, 0.2) is 0 Å². The summed E-state index contributed by atoms with van der Waals surface area (Å²) in [5.74, 6) is -0.441. The summed E-state index contributed by atoms with van der Waals surface area (Å²) in [7, 11) is 0. The summed E-state index contributed by atoms with van der Waals surface area (Å²) in [6.07, 6.45) is 3.20. The number of fused-ring (bicyclic) bond motifs is 1. The Balaban J connectivity index is 1.67. The van der Waals surface area contributed by atoms with E-state index < -0.39 is 17.1 Å². The zero-order chi connectivity index (χ0) is 20.4. The Hall–Kier alpha value is -2.74. The smallest absolute Gasteiger partial charge is 0.331 e. The highest BCUT2D eigenvalue weighted by Crippen LogP contribution is 2.17. The summed E-state index contributed by atoms with van der Waals surface area (Å²) in [4.78, 5) is 40.2. The lowest BCUT2D eigenvalue weighted by molar-refractivity contribution is -0.132. The monoisotopic (exact) mass is 415 g/mol. The molecule has 1 aliphatic heterocycles. The fourth-order valence-electron chi connectivity index (χ4n) is 3.79. The normalized spacial score (nSPS) is 14.4. The van der Waals surface area contributed by atoms with E-state index in [1.807, 2.05) is 0 Å². The second kappa shape index (κ2) is 8.32. The van der Waals surface area contributed by atoms with Gasteiger partial charge in [0.1, 0.15) is 10.5 Å². The number of aromatic nitrogens is 2. The molecule has 0 bridgehead atoms. The third-order valence-electron chi connectivity index (χ3n) is 5.38. The van der Waals surface area contributed by atoms with E-state index in [0.717, 1.165) is 36.9 Å². The molecule has 0 N–H and O–H groups in total. The van der Waals surface area contributed by atoms with E-state index in [0.29, 0.717) is 15.8 Å². The minimum atomic E-state index is -0.518. The Morgan fingerprint density at radius 1 is 1.03 bits per heavy atom. The van der Waals surface area contributed by atoms with Gasteiger partial charge >= 0.3 is 5.69 Å². The Labute approximate surface area is 170 Å². The van der Waals surface area contributed by atoms with Crippen molar-refractivity contribution in [3.05, 3.63) is 67.9 Å². The number of rotatable bonds is 5. The predicted molar refractivity (Wildman–Crippen MR) is 111 cm³/mol. The number of thiophene rings is 1. The number of benzene rings is 1. The molecule has 1 aliphatic rings. The largest absolute Gasteiger partial charge is 0.343 e. The maximum Gasteiger partial charge on any atom is 0.331 e. The number of likely N-dealkylation sites (tertiary alicyclic amines) is 1. The van der Waals surface area contributed by atoms with Crippen molar-refractivity contribution in [2.24, 2.45) is 0 Å². The molecule has 29 heavy (non-hydrogen) atoms. The minimum Gasteiger partial charge on any atom is -0.343 e. The van der Waals surface area contributed by atoms with Crippen LogP contribution < -0.4 is 11.2 Å². The number of amides is 1. The minimum absolute atomic E-state index is 0.0259. The molecule has 8 heteroatoms. The molecule has 1 amide bonds. The van der Waals surface area contributed by atoms with Crippen LogP contribution >= 0.6 is 11.3 Å². The fourth-order valence-corrected chi connectivity index (χ4v) is 4.63. The molecule has 0 aliphatic carbocycles. The zero-order valence-corrected chi connectivity index (χ0v) is 16.8. The Kier molecular flexibility index (Phi) is 5.62. The highest BCUT2D eigenvalue weighted by Gasteiger charge is 2.19. The number of nitrogens with zero attached hydrogens (tertiary/aromatic N) is 3. The Morgan fingerprint density at radius 3 is 2.55 bits per heavy atom.